The molecule has 68 valence electrons. The Balaban J connectivity index is 0.000000261. The van der Waals surface area contributed by atoms with Crippen molar-refractivity contribution < 1.29 is 19.4 Å². The molecule has 0 radical (unpaired) electrons. The molecule has 0 spiro atoms. The van der Waals surface area contributed by atoms with Gasteiger partial charge in [0.05, 0.1) is 6.26 Å². The van der Waals surface area contributed by atoms with E-state index in [0.717, 1.165) is 6.92 Å². The minimum absolute atomic E-state index is 0.160. The first-order valence-corrected chi connectivity index (χ1v) is 3.22. The molecule has 0 aromatic heterocycles. The van der Waals surface area contributed by atoms with Crippen LogP contribution in [-0.4, -0.2) is 30.2 Å². The predicted octanol–water partition coefficient (Wildman–Crippen LogP) is 0.613. The number of aliphatic carboxylic acids is 1. The number of carboxylic acid groups (broad SMARTS) is 1. The van der Waals surface area contributed by atoms with Gasteiger partial charge in [-0.25, -0.2) is 0 Å². The molecule has 0 amide bonds. The van der Waals surface area contributed by atoms with E-state index in [4.69, 9.17) is 20.0 Å². The first kappa shape index (κ1) is 10.6. The van der Waals surface area contributed by atoms with Crippen molar-refractivity contribution in [2.24, 2.45) is 0 Å². The Morgan fingerprint density at radius 3 is 2.50 bits per heavy atom. The number of hydrogen-bond donors (Lipinski definition) is 2. The quantitative estimate of drug-likeness (QED) is 0.609. The highest BCUT2D eigenvalue weighted by atomic mass is 16.5. The summed E-state index contributed by atoms with van der Waals surface area (Å²) in [6, 6.07) is 0. The Morgan fingerprint density at radius 2 is 2.33 bits per heavy atom. The van der Waals surface area contributed by atoms with Gasteiger partial charge >= 0.3 is 0 Å². The molecule has 1 aliphatic heterocycles. The average Bonchev–Trinajstić information content (AvgIpc) is 2.33. The van der Waals surface area contributed by atoms with Gasteiger partial charge in [0, 0.05) is 14.0 Å². The van der Waals surface area contributed by atoms with Crippen LogP contribution in [0.25, 0.3) is 0 Å². The van der Waals surface area contributed by atoms with E-state index in [1.54, 1.807) is 6.08 Å². The van der Waals surface area contributed by atoms with Gasteiger partial charge in [-0.2, -0.15) is 0 Å². The van der Waals surface area contributed by atoms with Gasteiger partial charge in [0.2, 0.25) is 5.90 Å². The standard InChI is InChI=1S/C5H7NO2.C2H4O2/c1-7-4-2-3-8-5(4)6;1-2(3)4/h2-4,6H,1H3;1H3,(H,3,4). The second-order valence-corrected chi connectivity index (χ2v) is 1.99. The number of ether oxygens (including phenoxy) is 2. The summed E-state index contributed by atoms with van der Waals surface area (Å²) >= 11 is 0. The van der Waals surface area contributed by atoms with Crippen molar-refractivity contribution in [1.29, 1.82) is 5.41 Å². The van der Waals surface area contributed by atoms with Crippen molar-refractivity contribution in [2.75, 3.05) is 7.11 Å². The van der Waals surface area contributed by atoms with Gasteiger partial charge in [0.25, 0.3) is 5.97 Å². The van der Waals surface area contributed by atoms with Crippen LogP contribution in [0.15, 0.2) is 12.3 Å². The van der Waals surface area contributed by atoms with E-state index < -0.39 is 5.97 Å². The fourth-order valence-corrected chi connectivity index (χ4v) is 0.524. The topological polar surface area (TPSA) is 79.6 Å². The van der Waals surface area contributed by atoms with E-state index in [1.165, 1.54) is 13.4 Å². The second-order valence-electron chi connectivity index (χ2n) is 1.99. The van der Waals surface area contributed by atoms with Crippen LogP contribution < -0.4 is 0 Å². The fraction of sp³-hybridized carbons (Fsp3) is 0.429. The SMILES string of the molecule is CC(=O)O.COC1C=COC1=N. The molecule has 1 rings (SSSR count). The lowest BCUT2D eigenvalue weighted by Gasteiger charge is -2.01. The molecular formula is C7H11NO4. The molecule has 0 bridgehead atoms. The molecule has 0 saturated heterocycles. The number of hydrogen-bond acceptors (Lipinski definition) is 4. The van der Waals surface area contributed by atoms with Crippen molar-refractivity contribution >= 4 is 11.9 Å². The third kappa shape index (κ3) is 4.45. The molecule has 1 atom stereocenters. The smallest absolute Gasteiger partial charge is 0.300 e. The highest BCUT2D eigenvalue weighted by Gasteiger charge is 2.15. The average molecular weight is 173 g/mol. The normalized spacial score (nSPS) is 19.5. The van der Waals surface area contributed by atoms with Crippen LogP contribution >= 0.6 is 0 Å². The zero-order valence-electron chi connectivity index (χ0n) is 6.90. The first-order valence-electron chi connectivity index (χ1n) is 3.22. The molecule has 1 unspecified atom stereocenters. The van der Waals surface area contributed by atoms with Crippen LogP contribution in [0.1, 0.15) is 6.92 Å². The van der Waals surface area contributed by atoms with Crippen LogP contribution in [0, 0.1) is 5.41 Å². The molecule has 1 heterocycles. The first-order chi connectivity index (χ1) is 5.57. The summed E-state index contributed by atoms with van der Waals surface area (Å²) in [6.45, 7) is 1.08. The molecule has 2 N–H and O–H groups in total. The molecular weight excluding hydrogens is 162 g/mol. The zero-order valence-corrected chi connectivity index (χ0v) is 6.90. The minimum Gasteiger partial charge on any atom is -0.481 e. The maximum atomic E-state index is 9.00. The number of nitrogens with one attached hydrogen (secondary N) is 1. The number of carboxylic acids is 1. The summed E-state index contributed by atoms with van der Waals surface area (Å²) in [5, 5.41) is 14.4. The van der Waals surface area contributed by atoms with Gasteiger partial charge in [-0.3, -0.25) is 10.2 Å². The van der Waals surface area contributed by atoms with Gasteiger partial charge in [-0.05, 0) is 6.08 Å². The summed E-state index contributed by atoms with van der Waals surface area (Å²) in [5.74, 6) is -0.674. The van der Waals surface area contributed by atoms with E-state index in [1.807, 2.05) is 0 Å². The maximum Gasteiger partial charge on any atom is 0.300 e. The monoisotopic (exact) mass is 173 g/mol. The molecule has 12 heavy (non-hydrogen) atoms. The second kappa shape index (κ2) is 5.31. The van der Waals surface area contributed by atoms with Crippen LogP contribution in [0.3, 0.4) is 0 Å². The maximum absolute atomic E-state index is 9.00. The molecule has 5 heteroatoms. The number of rotatable bonds is 1. The van der Waals surface area contributed by atoms with E-state index in [2.05, 4.69) is 4.74 Å². The van der Waals surface area contributed by atoms with Crippen LogP contribution in [-0.2, 0) is 14.3 Å². The van der Waals surface area contributed by atoms with Crippen molar-refractivity contribution in [3.63, 3.8) is 0 Å². The third-order valence-electron chi connectivity index (χ3n) is 0.961. The lowest BCUT2D eigenvalue weighted by Crippen LogP contribution is -2.15. The molecule has 1 aliphatic rings. The zero-order chi connectivity index (χ0) is 9.56. The van der Waals surface area contributed by atoms with Crippen molar-refractivity contribution in [1.82, 2.24) is 0 Å². The Hall–Kier alpha value is -1.36. The van der Waals surface area contributed by atoms with Gasteiger partial charge < -0.3 is 14.6 Å². The highest BCUT2D eigenvalue weighted by Crippen LogP contribution is 2.04. The van der Waals surface area contributed by atoms with Crippen LogP contribution in [0.4, 0.5) is 0 Å². The van der Waals surface area contributed by atoms with E-state index >= 15 is 0 Å². The molecule has 0 saturated carbocycles. The summed E-state index contributed by atoms with van der Waals surface area (Å²) in [7, 11) is 1.54. The van der Waals surface area contributed by atoms with Gasteiger partial charge in [-0.1, -0.05) is 0 Å². The summed E-state index contributed by atoms with van der Waals surface area (Å²) in [5.41, 5.74) is 0. The summed E-state index contributed by atoms with van der Waals surface area (Å²) < 4.78 is 9.42. The number of carbonyl (C=O) groups is 1. The van der Waals surface area contributed by atoms with Crippen LogP contribution in [0.5, 0.6) is 0 Å². The molecule has 5 nitrogen and oxygen atoms in total. The third-order valence-corrected chi connectivity index (χ3v) is 0.961. The van der Waals surface area contributed by atoms with Gasteiger partial charge in [-0.15, -0.1) is 0 Å². The predicted molar refractivity (Wildman–Crippen MR) is 42.1 cm³/mol. The van der Waals surface area contributed by atoms with E-state index in [0.29, 0.717) is 0 Å². The number of methoxy groups -OCH3 is 1. The molecule has 0 fully saturated rings. The Kier molecular flexibility index (Phi) is 4.71. The Labute approximate surface area is 70.1 Å². The van der Waals surface area contributed by atoms with Gasteiger partial charge in [0.1, 0.15) is 0 Å². The molecule has 0 aromatic carbocycles. The van der Waals surface area contributed by atoms with Crippen molar-refractivity contribution in [3.8, 4) is 0 Å². The van der Waals surface area contributed by atoms with Crippen LogP contribution in [0.2, 0.25) is 0 Å². The summed E-state index contributed by atoms with van der Waals surface area (Å²) in [6.07, 6.45) is 2.88. The summed E-state index contributed by atoms with van der Waals surface area (Å²) in [4.78, 5) is 9.00. The van der Waals surface area contributed by atoms with Crippen molar-refractivity contribution in [3.05, 3.63) is 12.3 Å². The largest absolute Gasteiger partial charge is 0.481 e. The van der Waals surface area contributed by atoms with Gasteiger partial charge in [0.15, 0.2) is 6.10 Å². The Morgan fingerprint density at radius 1 is 1.83 bits per heavy atom. The van der Waals surface area contributed by atoms with Crippen molar-refractivity contribution in [2.45, 2.75) is 13.0 Å². The highest BCUT2D eigenvalue weighted by molar-refractivity contribution is 5.82. The lowest BCUT2D eigenvalue weighted by molar-refractivity contribution is -0.134. The molecule has 0 aliphatic carbocycles. The lowest BCUT2D eigenvalue weighted by atomic mass is 10.4. The fourth-order valence-electron chi connectivity index (χ4n) is 0.524. The minimum atomic E-state index is -0.833. The van der Waals surface area contributed by atoms with E-state index in [9.17, 15) is 0 Å². The molecule has 0 aromatic rings. The van der Waals surface area contributed by atoms with E-state index in [-0.39, 0.29) is 12.0 Å². The Bertz CT molecular complexity index is 196.